The van der Waals surface area contributed by atoms with Crippen molar-refractivity contribution >= 4 is 17.5 Å². The number of carbonyl (C=O) groups is 1. The maximum Gasteiger partial charge on any atom is 0.254 e. The monoisotopic (exact) mass is 259 g/mol. The van der Waals surface area contributed by atoms with Crippen molar-refractivity contribution < 1.29 is 13.9 Å². The van der Waals surface area contributed by atoms with Gasteiger partial charge in [0.1, 0.15) is 5.82 Å². The summed E-state index contributed by atoms with van der Waals surface area (Å²) in [6.07, 6.45) is 0.696. The van der Waals surface area contributed by atoms with Crippen molar-refractivity contribution in [2.24, 2.45) is 0 Å². The van der Waals surface area contributed by atoms with E-state index in [-0.39, 0.29) is 5.56 Å². The Morgan fingerprint density at radius 1 is 1.53 bits per heavy atom. The van der Waals surface area contributed by atoms with Crippen molar-refractivity contribution in [1.82, 2.24) is 5.32 Å². The fourth-order valence-electron chi connectivity index (χ4n) is 1.29. The first-order chi connectivity index (χ1) is 8.15. The van der Waals surface area contributed by atoms with Crippen molar-refractivity contribution in [1.29, 1.82) is 0 Å². The van der Waals surface area contributed by atoms with Crippen LogP contribution in [0.4, 0.5) is 4.39 Å². The van der Waals surface area contributed by atoms with E-state index in [4.69, 9.17) is 16.3 Å². The maximum absolute atomic E-state index is 13.3. The molecule has 0 bridgehead atoms. The molecular weight excluding hydrogens is 245 g/mol. The van der Waals surface area contributed by atoms with Gasteiger partial charge in [0.25, 0.3) is 5.91 Å². The van der Waals surface area contributed by atoms with Gasteiger partial charge < -0.3 is 10.1 Å². The van der Waals surface area contributed by atoms with Crippen LogP contribution in [-0.4, -0.2) is 25.7 Å². The van der Waals surface area contributed by atoms with Crippen LogP contribution in [0.15, 0.2) is 18.2 Å². The summed E-state index contributed by atoms with van der Waals surface area (Å²) in [6.45, 7) is 3.58. The van der Waals surface area contributed by atoms with Crippen molar-refractivity contribution in [3.63, 3.8) is 0 Å². The number of amides is 1. The third kappa shape index (κ3) is 4.71. The first kappa shape index (κ1) is 13.9. The Kier molecular flexibility index (Phi) is 5.94. The van der Waals surface area contributed by atoms with Crippen LogP contribution >= 0.6 is 11.6 Å². The highest BCUT2D eigenvalue weighted by Gasteiger charge is 2.11. The van der Waals surface area contributed by atoms with E-state index in [0.717, 1.165) is 0 Å². The zero-order valence-electron chi connectivity index (χ0n) is 9.63. The molecule has 94 valence electrons. The van der Waals surface area contributed by atoms with E-state index in [1.807, 2.05) is 6.92 Å². The Labute approximate surface area is 105 Å². The molecule has 0 unspecified atom stereocenters. The Morgan fingerprint density at radius 2 is 2.29 bits per heavy atom. The van der Waals surface area contributed by atoms with Gasteiger partial charge in [-0.2, -0.15) is 0 Å². The predicted molar refractivity (Wildman–Crippen MR) is 64.9 cm³/mol. The smallest absolute Gasteiger partial charge is 0.254 e. The van der Waals surface area contributed by atoms with Crippen LogP contribution < -0.4 is 5.32 Å². The lowest BCUT2D eigenvalue weighted by Gasteiger charge is -2.06. The normalized spacial score (nSPS) is 10.3. The molecule has 3 nitrogen and oxygen atoms in total. The van der Waals surface area contributed by atoms with Gasteiger partial charge in [-0.05, 0) is 31.5 Å². The van der Waals surface area contributed by atoms with Crippen LogP contribution in [0.3, 0.4) is 0 Å². The zero-order chi connectivity index (χ0) is 12.7. The molecule has 5 heteroatoms. The van der Waals surface area contributed by atoms with Crippen molar-refractivity contribution in [2.45, 2.75) is 13.3 Å². The molecule has 1 rings (SSSR count). The molecule has 0 fully saturated rings. The molecule has 0 atom stereocenters. The quantitative estimate of drug-likeness (QED) is 0.798. The van der Waals surface area contributed by atoms with Gasteiger partial charge >= 0.3 is 0 Å². The Morgan fingerprint density at radius 3 is 3.00 bits per heavy atom. The van der Waals surface area contributed by atoms with Gasteiger partial charge in [0.2, 0.25) is 0 Å². The molecule has 0 aliphatic carbocycles. The second kappa shape index (κ2) is 7.25. The number of hydrogen-bond donors (Lipinski definition) is 1. The van der Waals surface area contributed by atoms with Crippen LogP contribution in [0, 0.1) is 5.82 Å². The van der Waals surface area contributed by atoms with Crippen LogP contribution in [-0.2, 0) is 4.74 Å². The van der Waals surface area contributed by atoms with Gasteiger partial charge in [0.05, 0.1) is 5.56 Å². The van der Waals surface area contributed by atoms with Crippen molar-refractivity contribution in [3.05, 3.63) is 34.6 Å². The molecule has 0 radical (unpaired) electrons. The van der Waals surface area contributed by atoms with Crippen LogP contribution in [0.5, 0.6) is 0 Å². The summed E-state index contributed by atoms with van der Waals surface area (Å²) < 4.78 is 18.4. The first-order valence-corrected chi connectivity index (χ1v) is 5.84. The van der Waals surface area contributed by atoms with E-state index in [9.17, 15) is 9.18 Å². The molecule has 0 saturated heterocycles. The fraction of sp³-hybridized carbons (Fsp3) is 0.417. The number of nitrogens with one attached hydrogen (secondary N) is 1. The van der Waals surface area contributed by atoms with Gasteiger partial charge in [0, 0.05) is 24.8 Å². The lowest BCUT2D eigenvalue weighted by atomic mass is 10.2. The number of ether oxygens (including phenoxy) is 1. The molecule has 0 aliphatic rings. The largest absolute Gasteiger partial charge is 0.382 e. The lowest BCUT2D eigenvalue weighted by Crippen LogP contribution is -2.26. The summed E-state index contributed by atoms with van der Waals surface area (Å²) in [4.78, 5) is 11.6. The predicted octanol–water partition coefficient (Wildman–Crippen LogP) is 2.64. The van der Waals surface area contributed by atoms with Crippen LogP contribution in [0.25, 0.3) is 0 Å². The van der Waals surface area contributed by atoms with Crippen molar-refractivity contribution in [3.8, 4) is 0 Å². The van der Waals surface area contributed by atoms with E-state index in [2.05, 4.69) is 5.32 Å². The van der Waals surface area contributed by atoms with Crippen molar-refractivity contribution in [2.75, 3.05) is 19.8 Å². The molecule has 0 spiro atoms. The Balaban J connectivity index is 2.44. The first-order valence-electron chi connectivity index (χ1n) is 5.46. The van der Waals surface area contributed by atoms with Gasteiger partial charge in [-0.25, -0.2) is 4.39 Å². The standard InChI is InChI=1S/C12H15ClFNO2/c1-2-17-7-3-6-15-12(16)10-8-9(13)4-5-11(10)14/h4-5,8H,2-3,6-7H2,1H3,(H,15,16). The molecule has 1 aromatic rings. The molecule has 1 amide bonds. The molecule has 17 heavy (non-hydrogen) atoms. The molecule has 1 N–H and O–H groups in total. The minimum absolute atomic E-state index is 0.0334. The number of hydrogen-bond acceptors (Lipinski definition) is 2. The summed E-state index contributed by atoms with van der Waals surface area (Å²) in [5.74, 6) is -1.03. The van der Waals surface area contributed by atoms with Gasteiger partial charge in [-0.15, -0.1) is 0 Å². The number of rotatable bonds is 6. The van der Waals surface area contributed by atoms with Gasteiger partial charge in [-0.1, -0.05) is 11.6 Å². The highest BCUT2D eigenvalue weighted by atomic mass is 35.5. The lowest BCUT2D eigenvalue weighted by molar-refractivity contribution is 0.0940. The second-order valence-electron chi connectivity index (χ2n) is 3.43. The SMILES string of the molecule is CCOCCCNC(=O)c1cc(Cl)ccc1F. The summed E-state index contributed by atoms with van der Waals surface area (Å²) in [7, 11) is 0. The zero-order valence-corrected chi connectivity index (χ0v) is 10.4. The average Bonchev–Trinajstić information content (AvgIpc) is 2.32. The van der Waals surface area contributed by atoms with E-state index in [1.54, 1.807) is 0 Å². The van der Waals surface area contributed by atoms with E-state index < -0.39 is 11.7 Å². The minimum Gasteiger partial charge on any atom is -0.382 e. The highest BCUT2D eigenvalue weighted by molar-refractivity contribution is 6.30. The minimum atomic E-state index is -0.572. The molecule has 0 aromatic heterocycles. The van der Waals surface area contributed by atoms with E-state index in [0.29, 0.717) is 31.2 Å². The van der Waals surface area contributed by atoms with Crippen LogP contribution in [0.1, 0.15) is 23.7 Å². The van der Waals surface area contributed by atoms with E-state index in [1.165, 1.54) is 18.2 Å². The van der Waals surface area contributed by atoms with Gasteiger partial charge in [0.15, 0.2) is 0 Å². The van der Waals surface area contributed by atoms with E-state index >= 15 is 0 Å². The molecule has 1 aromatic carbocycles. The maximum atomic E-state index is 13.3. The molecule has 0 heterocycles. The summed E-state index contributed by atoms with van der Waals surface area (Å²) in [6, 6.07) is 3.90. The molecule has 0 aliphatic heterocycles. The Bertz CT molecular complexity index is 385. The average molecular weight is 260 g/mol. The van der Waals surface area contributed by atoms with Gasteiger partial charge in [-0.3, -0.25) is 4.79 Å². The fourth-order valence-corrected chi connectivity index (χ4v) is 1.46. The molecule has 0 saturated carbocycles. The topological polar surface area (TPSA) is 38.3 Å². The number of halogens is 2. The highest BCUT2D eigenvalue weighted by Crippen LogP contribution is 2.14. The summed E-state index contributed by atoms with van der Waals surface area (Å²) >= 11 is 5.70. The third-order valence-corrected chi connectivity index (χ3v) is 2.36. The Hall–Kier alpha value is -1.13. The summed E-state index contributed by atoms with van der Waals surface area (Å²) in [5, 5.41) is 2.95. The molecular formula is C12H15ClFNO2. The number of benzene rings is 1. The third-order valence-electron chi connectivity index (χ3n) is 2.13. The van der Waals surface area contributed by atoms with Crippen LogP contribution in [0.2, 0.25) is 5.02 Å². The summed E-state index contributed by atoms with van der Waals surface area (Å²) in [5.41, 5.74) is -0.0334. The second-order valence-corrected chi connectivity index (χ2v) is 3.87. The number of carbonyl (C=O) groups excluding carboxylic acids is 1.